The first-order valence-corrected chi connectivity index (χ1v) is 20.7. The Morgan fingerprint density at radius 1 is 0.741 bits per heavy atom. The van der Waals surface area contributed by atoms with Crippen LogP contribution in [0, 0.1) is 5.92 Å². The zero-order valence-electron chi connectivity index (χ0n) is 34.2. The minimum atomic E-state index is -0.824. The van der Waals surface area contributed by atoms with E-state index in [0.29, 0.717) is 6.42 Å². The molecule has 1 aromatic carbocycles. The minimum absolute atomic E-state index is 0.000146. The number of rotatable bonds is 23. The number of ketones is 1. The number of nitrogens with zero attached hydrogens (tertiary/aromatic N) is 1. The number of hydrogen-bond donors (Lipinski definition) is 0. The number of Topliss-reactive ketones (excluding diaryl/α,β-unsaturated/α-hetero) is 1. The van der Waals surface area contributed by atoms with Crippen LogP contribution in [-0.2, 0) is 35.1 Å². The van der Waals surface area contributed by atoms with Crippen molar-refractivity contribution in [1.82, 2.24) is 4.90 Å². The van der Waals surface area contributed by atoms with Gasteiger partial charge in [-0.05, 0) is 125 Å². The van der Waals surface area contributed by atoms with Gasteiger partial charge in [0.15, 0.2) is 6.61 Å². The lowest BCUT2D eigenvalue weighted by Gasteiger charge is -2.43. The number of esters is 2. The Hall–Kier alpha value is -3.65. The van der Waals surface area contributed by atoms with Gasteiger partial charge in [0.2, 0.25) is 5.91 Å². The second kappa shape index (κ2) is 22.7. The van der Waals surface area contributed by atoms with Crippen molar-refractivity contribution in [3.8, 4) is 0 Å². The Kier molecular flexibility index (Phi) is 18.8. The summed E-state index contributed by atoms with van der Waals surface area (Å²) < 4.78 is 10.1. The van der Waals surface area contributed by atoms with Gasteiger partial charge in [0.05, 0.1) is 17.9 Å². The Labute approximate surface area is 329 Å². The molecule has 1 amide bonds. The molecule has 2 fully saturated rings. The van der Waals surface area contributed by atoms with E-state index in [1.54, 1.807) is 0 Å². The lowest BCUT2D eigenvalue weighted by atomic mass is 9.87. The second-order valence-electron chi connectivity index (χ2n) is 15.9. The Bertz CT molecular complexity index is 1580. The first-order chi connectivity index (χ1) is 25.7. The lowest BCUT2D eigenvalue weighted by Crippen LogP contribution is -2.63. The van der Waals surface area contributed by atoms with E-state index in [1.807, 2.05) is 44.2 Å². The fourth-order valence-corrected chi connectivity index (χ4v) is 8.61. The van der Waals surface area contributed by atoms with Crippen molar-refractivity contribution < 1.29 is 28.7 Å². The molecule has 54 heavy (non-hydrogen) atoms. The Morgan fingerprint density at radius 3 is 1.85 bits per heavy atom. The van der Waals surface area contributed by atoms with Gasteiger partial charge in [0.25, 0.3) is 0 Å². The van der Waals surface area contributed by atoms with Gasteiger partial charge in [-0.3, -0.25) is 9.59 Å². The quantitative estimate of drug-likeness (QED) is 0.0475. The molecule has 2 aliphatic heterocycles. The topological polar surface area (TPSA) is 90.0 Å². The van der Waals surface area contributed by atoms with Crippen LogP contribution in [-0.4, -0.2) is 57.9 Å². The van der Waals surface area contributed by atoms with Crippen molar-refractivity contribution in [1.29, 1.82) is 0 Å². The van der Waals surface area contributed by atoms with Gasteiger partial charge in [-0.1, -0.05) is 88.6 Å². The summed E-state index contributed by atoms with van der Waals surface area (Å²) in [6.45, 7) is 16.6. The van der Waals surface area contributed by atoms with Crippen LogP contribution in [0.4, 0.5) is 0 Å². The monoisotopic (exact) mass is 759 g/mol. The molecule has 0 aromatic heterocycles. The average molecular weight is 760 g/mol. The molecule has 2 aliphatic rings. The number of β-lactam (4-membered cyclic amide) rings is 1. The molecule has 0 spiro atoms. The maximum absolute atomic E-state index is 13.1. The number of thioether (sulfide) groups is 1. The summed E-state index contributed by atoms with van der Waals surface area (Å²) in [5.41, 5.74) is 7.93. The van der Waals surface area contributed by atoms with Crippen LogP contribution in [0.5, 0.6) is 0 Å². The molecule has 3 rings (SSSR count). The molecule has 0 saturated carbocycles. The van der Waals surface area contributed by atoms with Crippen LogP contribution in [0.2, 0.25) is 0 Å². The van der Waals surface area contributed by atoms with E-state index in [4.69, 9.17) is 9.47 Å². The van der Waals surface area contributed by atoms with Gasteiger partial charge in [0.1, 0.15) is 11.8 Å². The molecular weight excluding hydrogens is 695 g/mol. The number of ether oxygens (including phenoxy) is 2. The Balaban J connectivity index is 1.27. The van der Waals surface area contributed by atoms with Crippen LogP contribution in [0.25, 0.3) is 0 Å². The molecule has 2 heterocycles. The standard InChI is InChI=1S/C46H65NO6S/c1-33(2)18-14-21-36(5)24-15-22-34(3)19-12-13-20-35(4)23-16-25-37(6)26-17-29-52-41(49)32-53-45(51)42-46(7,8)54-44-40(43(50)47(42)44)31-39(48)30-38-27-10-9-11-28-38/h9-11,18-20,24-25,27-28,40,42,44H,12-17,21-23,26,29-32H2,1-8H3/b34-19+,35-20+,36-24+,37-25+/t40-,42?,44-/m1/s1. The van der Waals surface area contributed by atoms with Crippen molar-refractivity contribution in [2.24, 2.45) is 5.92 Å². The molecule has 0 bridgehead atoms. The molecule has 8 heteroatoms. The molecule has 0 N–H and O–H groups in total. The number of benzene rings is 1. The highest BCUT2D eigenvalue weighted by Gasteiger charge is 2.64. The number of fused-ring (bicyclic) bond motifs is 1. The minimum Gasteiger partial charge on any atom is -0.463 e. The van der Waals surface area contributed by atoms with Gasteiger partial charge in [-0.25, -0.2) is 9.59 Å². The summed E-state index contributed by atoms with van der Waals surface area (Å²) >= 11 is 1.51. The van der Waals surface area contributed by atoms with Crippen molar-refractivity contribution >= 4 is 35.4 Å². The highest BCUT2D eigenvalue weighted by molar-refractivity contribution is 8.01. The number of amides is 1. The van der Waals surface area contributed by atoms with E-state index < -0.39 is 35.3 Å². The fraction of sp³-hybridized carbons (Fsp3) is 0.565. The predicted molar refractivity (Wildman–Crippen MR) is 222 cm³/mol. The molecule has 1 aromatic rings. The fourth-order valence-electron chi connectivity index (χ4n) is 6.94. The second-order valence-corrected chi connectivity index (χ2v) is 17.7. The summed E-state index contributed by atoms with van der Waals surface area (Å²) in [5.74, 6) is -1.90. The van der Waals surface area contributed by atoms with E-state index in [1.165, 1.54) is 44.5 Å². The third-order valence-electron chi connectivity index (χ3n) is 10.1. The lowest BCUT2D eigenvalue weighted by molar-refractivity contribution is -0.171. The summed E-state index contributed by atoms with van der Waals surface area (Å²) in [7, 11) is 0. The summed E-state index contributed by atoms with van der Waals surface area (Å²) in [4.78, 5) is 52.8. The highest BCUT2D eigenvalue weighted by Crippen LogP contribution is 2.54. The summed E-state index contributed by atoms with van der Waals surface area (Å²) in [6.07, 6.45) is 22.3. The SMILES string of the molecule is CC(C)=CCC/C(C)=C/CC/C(C)=C/CC/C=C(\C)CC/C=C(\C)CCCOC(=O)COC(=O)C1N2C(=O)[C@@H](CC(=O)Cc3ccccc3)[C@H]2SC1(C)C. The first kappa shape index (κ1) is 44.7. The molecule has 2 saturated heterocycles. The first-order valence-electron chi connectivity index (χ1n) is 19.8. The van der Waals surface area contributed by atoms with Crippen molar-refractivity contribution in [3.05, 3.63) is 94.1 Å². The van der Waals surface area contributed by atoms with Gasteiger partial charge in [-0.15, -0.1) is 11.8 Å². The van der Waals surface area contributed by atoms with Crippen molar-refractivity contribution in [2.75, 3.05) is 13.2 Å². The average Bonchev–Trinajstić information content (AvgIpc) is 3.37. The largest absolute Gasteiger partial charge is 0.463 e. The predicted octanol–water partition coefficient (Wildman–Crippen LogP) is 10.6. The maximum Gasteiger partial charge on any atom is 0.344 e. The molecule has 296 valence electrons. The van der Waals surface area contributed by atoms with Gasteiger partial charge >= 0.3 is 11.9 Å². The van der Waals surface area contributed by atoms with Crippen LogP contribution in [0.15, 0.2) is 88.6 Å². The zero-order valence-corrected chi connectivity index (χ0v) is 35.0. The van der Waals surface area contributed by atoms with Crippen LogP contribution in [0.3, 0.4) is 0 Å². The number of hydrogen-bond acceptors (Lipinski definition) is 7. The van der Waals surface area contributed by atoms with Crippen LogP contribution in [0.1, 0.15) is 132 Å². The third-order valence-corrected chi connectivity index (χ3v) is 11.7. The van der Waals surface area contributed by atoms with Gasteiger partial charge in [0, 0.05) is 17.6 Å². The van der Waals surface area contributed by atoms with Gasteiger partial charge < -0.3 is 14.4 Å². The summed E-state index contributed by atoms with van der Waals surface area (Å²) in [6, 6.07) is 8.64. The highest BCUT2D eigenvalue weighted by atomic mass is 32.2. The molecular formula is C46H65NO6S. The molecule has 0 aliphatic carbocycles. The molecule has 3 atom stereocenters. The smallest absolute Gasteiger partial charge is 0.344 e. The van der Waals surface area contributed by atoms with Crippen LogP contribution < -0.4 is 0 Å². The third kappa shape index (κ3) is 15.2. The van der Waals surface area contributed by atoms with Crippen molar-refractivity contribution in [2.45, 2.75) is 149 Å². The number of carbonyl (C=O) groups excluding carboxylic acids is 4. The van der Waals surface area contributed by atoms with E-state index in [0.717, 1.165) is 63.4 Å². The van der Waals surface area contributed by atoms with Crippen molar-refractivity contribution in [3.63, 3.8) is 0 Å². The normalized spacial score (nSPS) is 20.0. The number of allylic oxidation sites excluding steroid dienone is 10. The summed E-state index contributed by atoms with van der Waals surface area (Å²) in [5, 5.41) is -0.264. The van der Waals surface area contributed by atoms with E-state index in [2.05, 4.69) is 71.9 Å². The van der Waals surface area contributed by atoms with E-state index in [-0.39, 0.29) is 36.5 Å². The van der Waals surface area contributed by atoms with E-state index >= 15 is 0 Å². The molecule has 1 unspecified atom stereocenters. The number of carbonyl (C=O) groups is 4. The van der Waals surface area contributed by atoms with Gasteiger partial charge in [-0.2, -0.15) is 0 Å². The molecule has 7 nitrogen and oxygen atoms in total. The Morgan fingerprint density at radius 2 is 1.28 bits per heavy atom. The van der Waals surface area contributed by atoms with E-state index in [9.17, 15) is 19.2 Å². The van der Waals surface area contributed by atoms with Crippen LogP contribution >= 0.6 is 11.8 Å². The maximum atomic E-state index is 13.1. The zero-order chi connectivity index (χ0) is 39.7. The molecule has 0 radical (unpaired) electrons. The number of unbranched alkanes of at least 4 members (excludes halogenated alkanes) is 1.